The summed E-state index contributed by atoms with van der Waals surface area (Å²) in [5.74, 6) is -3.33. The standard InChI is InChI=1S/C21H14F3N3O3/c1-9-11(21(29)27-14-3-2-12(22)20(24)18(9)14)6-17(28)26-15-8-30-16-5-10(7-25)4-13(23)19(15)16/h2-5,15H,6,8H2,1H3,(H,26,28)(H,27,29)/t15-/m1/s1. The second-order valence-electron chi connectivity index (χ2n) is 6.93. The monoisotopic (exact) mass is 413 g/mol. The number of aromatic nitrogens is 1. The molecule has 0 saturated carbocycles. The van der Waals surface area contributed by atoms with Gasteiger partial charge in [-0.2, -0.15) is 5.26 Å². The number of nitrogens with one attached hydrogen (secondary N) is 2. The Morgan fingerprint density at radius 3 is 2.80 bits per heavy atom. The first-order valence-electron chi connectivity index (χ1n) is 8.95. The number of benzene rings is 2. The first kappa shape index (κ1) is 19.5. The zero-order valence-corrected chi connectivity index (χ0v) is 15.6. The first-order valence-corrected chi connectivity index (χ1v) is 8.95. The van der Waals surface area contributed by atoms with Crippen molar-refractivity contribution >= 4 is 16.8 Å². The number of fused-ring (bicyclic) bond motifs is 2. The molecule has 2 aromatic carbocycles. The Hall–Kier alpha value is -3.80. The second-order valence-corrected chi connectivity index (χ2v) is 6.93. The fourth-order valence-electron chi connectivity index (χ4n) is 3.64. The number of H-pyrrole nitrogens is 1. The van der Waals surface area contributed by atoms with E-state index in [2.05, 4.69) is 10.3 Å². The van der Waals surface area contributed by atoms with Crippen LogP contribution in [0.3, 0.4) is 0 Å². The predicted octanol–water partition coefficient (Wildman–Crippen LogP) is 2.92. The van der Waals surface area contributed by atoms with Crippen molar-refractivity contribution in [3.8, 4) is 11.8 Å². The molecule has 4 rings (SSSR count). The molecular formula is C21H14F3N3O3. The van der Waals surface area contributed by atoms with Crippen LogP contribution in [-0.2, 0) is 11.2 Å². The summed E-state index contributed by atoms with van der Waals surface area (Å²) in [6, 6.07) is 5.58. The van der Waals surface area contributed by atoms with E-state index in [-0.39, 0.29) is 45.5 Å². The maximum absolute atomic E-state index is 14.3. The van der Waals surface area contributed by atoms with Gasteiger partial charge in [0.15, 0.2) is 11.6 Å². The summed E-state index contributed by atoms with van der Waals surface area (Å²) >= 11 is 0. The van der Waals surface area contributed by atoms with Crippen molar-refractivity contribution in [1.29, 1.82) is 5.26 Å². The van der Waals surface area contributed by atoms with E-state index in [1.54, 1.807) is 0 Å². The van der Waals surface area contributed by atoms with Gasteiger partial charge in [-0.1, -0.05) is 0 Å². The lowest BCUT2D eigenvalue weighted by Gasteiger charge is -2.14. The van der Waals surface area contributed by atoms with Gasteiger partial charge in [-0.3, -0.25) is 9.59 Å². The van der Waals surface area contributed by atoms with Gasteiger partial charge in [-0.15, -0.1) is 0 Å². The second kappa shape index (κ2) is 7.22. The van der Waals surface area contributed by atoms with Gasteiger partial charge < -0.3 is 15.0 Å². The van der Waals surface area contributed by atoms with Crippen molar-refractivity contribution in [2.24, 2.45) is 0 Å². The molecule has 1 aliphatic heterocycles. The Balaban J connectivity index is 1.63. The number of pyridine rings is 1. The average Bonchev–Trinajstić information content (AvgIpc) is 3.10. The van der Waals surface area contributed by atoms with Crippen molar-refractivity contribution in [2.45, 2.75) is 19.4 Å². The van der Waals surface area contributed by atoms with Crippen LogP contribution in [0, 0.1) is 35.7 Å². The minimum absolute atomic E-state index is 0.0241. The molecule has 30 heavy (non-hydrogen) atoms. The molecule has 0 fully saturated rings. The van der Waals surface area contributed by atoms with E-state index < -0.39 is 41.4 Å². The number of hydrogen-bond donors (Lipinski definition) is 2. The number of hydrogen-bond acceptors (Lipinski definition) is 4. The van der Waals surface area contributed by atoms with Crippen molar-refractivity contribution in [2.75, 3.05) is 6.61 Å². The van der Waals surface area contributed by atoms with Crippen molar-refractivity contribution in [3.05, 3.63) is 74.3 Å². The number of aromatic amines is 1. The lowest BCUT2D eigenvalue weighted by Crippen LogP contribution is -2.33. The van der Waals surface area contributed by atoms with Crippen LogP contribution < -0.4 is 15.6 Å². The van der Waals surface area contributed by atoms with Gasteiger partial charge >= 0.3 is 0 Å². The molecular weight excluding hydrogens is 399 g/mol. The van der Waals surface area contributed by atoms with E-state index >= 15 is 0 Å². The number of halogens is 3. The van der Waals surface area contributed by atoms with E-state index in [0.29, 0.717) is 0 Å². The molecule has 0 saturated heterocycles. The van der Waals surface area contributed by atoms with Crippen molar-refractivity contribution < 1.29 is 22.7 Å². The third-order valence-electron chi connectivity index (χ3n) is 5.09. The summed E-state index contributed by atoms with van der Waals surface area (Å²) in [4.78, 5) is 27.4. The molecule has 0 unspecified atom stereocenters. The molecule has 3 aromatic rings. The third-order valence-corrected chi connectivity index (χ3v) is 5.09. The molecule has 6 nitrogen and oxygen atoms in total. The lowest BCUT2D eigenvalue weighted by atomic mass is 10.0. The minimum Gasteiger partial charge on any atom is -0.491 e. The summed E-state index contributed by atoms with van der Waals surface area (Å²) < 4.78 is 47.5. The average molecular weight is 413 g/mol. The van der Waals surface area contributed by atoms with E-state index in [1.807, 2.05) is 6.07 Å². The Bertz CT molecular complexity index is 1310. The third kappa shape index (κ3) is 3.16. The van der Waals surface area contributed by atoms with Crippen molar-refractivity contribution in [3.63, 3.8) is 0 Å². The normalized spacial score (nSPS) is 14.8. The summed E-state index contributed by atoms with van der Waals surface area (Å²) in [5, 5.41) is 11.4. The largest absolute Gasteiger partial charge is 0.491 e. The van der Waals surface area contributed by atoms with Crippen LogP contribution in [0.1, 0.15) is 28.3 Å². The SMILES string of the molecule is Cc1c(CC(=O)N[C@@H]2COc3cc(C#N)cc(F)c32)c(=O)[nH]c2ccc(F)c(F)c12. The van der Waals surface area contributed by atoms with Gasteiger partial charge in [0.2, 0.25) is 5.91 Å². The van der Waals surface area contributed by atoms with E-state index in [4.69, 9.17) is 10.00 Å². The zero-order valence-electron chi connectivity index (χ0n) is 15.6. The Labute approximate surface area is 167 Å². The molecule has 0 radical (unpaired) electrons. The number of carbonyl (C=O) groups is 1. The maximum atomic E-state index is 14.3. The molecule has 2 N–H and O–H groups in total. The Morgan fingerprint density at radius 1 is 1.30 bits per heavy atom. The van der Waals surface area contributed by atoms with Gasteiger partial charge in [-0.05, 0) is 36.8 Å². The van der Waals surface area contributed by atoms with E-state index in [1.165, 1.54) is 19.1 Å². The molecule has 1 atom stereocenters. The Kier molecular flexibility index (Phi) is 4.70. The fourth-order valence-corrected chi connectivity index (χ4v) is 3.64. The molecule has 9 heteroatoms. The van der Waals surface area contributed by atoms with Gasteiger partial charge in [0, 0.05) is 10.9 Å². The number of carbonyl (C=O) groups excluding carboxylic acids is 1. The molecule has 1 aliphatic rings. The highest BCUT2D eigenvalue weighted by atomic mass is 19.2. The van der Waals surface area contributed by atoms with Gasteiger partial charge in [0.25, 0.3) is 5.56 Å². The minimum atomic E-state index is -1.11. The molecule has 2 heterocycles. The topological polar surface area (TPSA) is 95.0 Å². The van der Waals surface area contributed by atoms with Crippen LogP contribution in [0.2, 0.25) is 0 Å². The van der Waals surface area contributed by atoms with Gasteiger partial charge in [0.1, 0.15) is 18.2 Å². The van der Waals surface area contributed by atoms with E-state index in [9.17, 15) is 22.8 Å². The first-order chi connectivity index (χ1) is 14.3. The zero-order chi connectivity index (χ0) is 21.6. The maximum Gasteiger partial charge on any atom is 0.252 e. The van der Waals surface area contributed by atoms with Crippen LogP contribution in [0.5, 0.6) is 5.75 Å². The molecule has 0 bridgehead atoms. The van der Waals surface area contributed by atoms with Gasteiger partial charge in [-0.25, -0.2) is 13.2 Å². The summed E-state index contributed by atoms with van der Waals surface area (Å²) in [6.07, 6.45) is -0.420. The summed E-state index contributed by atoms with van der Waals surface area (Å²) in [5.41, 5.74) is -0.161. The summed E-state index contributed by atoms with van der Waals surface area (Å²) in [6.45, 7) is 1.39. The van der Waals surface area contributed by atoms with Crippen molar-refractivity contribution in [1.82, 2.24) is 10.3 Å². The van der Waals surface area contributed by atoms with Crippen LogP contribution in [-0.4, -0.2) is 17.5 Å². The molecule has 0 spiro atoms. The number of ether oxygens (including phenoxy) is 1. The number of aryl methyl sites for hydroxylation is 1. The van der Waals surface area contributed by atoms with Gasteiger partial charge in [0.05, 0.1) is 35.2 Å². The number of amides is 1. The van der Waals surface area contributed by atoms with Crippen LogP contribution in [0.25, 0.3) is 10.9 Å². The van der Waals surface area contributed by atoms with Crippen LogP contribution >= 0.6 is 0 Å². The number of nitrogens with zero attached hydrogens (tertiary/aromatic N) is 1. The highest BCUT2D eigenvalue weighted by molar-refractivity contribution is 5.86. The molecule has 152 valence electrons. The van der Waals surface area contributed by atoms with Crippen LogP contribution in [0.15, 0.2) is 29.1 Å². The number of rotatable bonds is 3. The summed E-state index contributed by atoms with van der Waals surface area (Å²) in [7, 11) is 0. The highest BCUT2D eigenvalue weighted by Gasteiger charge is 2.30. The Morgan fingerprint density at radius 2 is 2.07 bits per heavy atom. The highest BCUT2D eigenvalue weighted by Crippen LogP contribution is 2.35. The lowest BCUT2D eigenvalue weighted by molar-refractivity contribution is -0.121. The van der Waals surface area contributed by atoms with Crippen LogP contribution in [0.4, 0.5) is 13.2 Å². The smallest absolute Gasteiger partial charge is 0.252 e. The molecule has 1 aromatic heterocycles. The molecule has 1 amide bonds. The molecule has 0 aliphatic carbocycles. The predicted molar refractivity (Wildman–Crippen MR) is 100 cm³/mol. The fraction of sp³-hybridized carbons (Fsp3) is 0.190. The quantitative estimate of drug-likeness (QED) is 0.690. The van der Waals surface area contributed by atoms with E-state index in [0.717, 1.165) is 12.1 Å². The number of nitriles is 1.